The SMILES string of the molecule is O=C(Cc1ccc(F)cc1)Nc1cc(Br)ccc1C(=O)O. The van der Waals surface area contributed by atoms with Crippen LogP contribution in [-0.4, -0.2) is 17.0 Å². The summed E-state index contributed by atoms with van der Waals surface area (Å²) in [6.07, 6.45) is 0.0336. The summed E-state index contributed by atoms with van der Waals surface area (Å²) in [6, 6.07) is 10.1. The monoisotopic (exact) mass is 351 g/mol. The molecule has 0 saturated heterocycles. The second-order valence-corrected chi connectivity index (χ2v) is 5.26. The standard InChI is InChI=1S/C15H11BrFNO3/c16-10-3-6-12(15(20)21)13(8-10)18-14(19)7-9-1-4-11(17)5-2-9/h1-6,8H,7H2,(H,18,19)(H,20,21). The molecule has 0 spiro atoms. The van der Waals surface area contributed by atoms with E-state index in [2.05, 4.69) is 21.2 Å². The highest BCUT2D eigenvalue weighted by atomic mass is 79.9. The van der Waals surface area contributed by atoms with Gasteiger partial charge in [-0.05, 0) is 35.9 Å². The van der Waals surface area contributed by atoms with E-state index in [1.807, 2.05) is 0 Å². The Balaban J connectivity index is 2.14. The zero-order valence-corrected chi connectivity index (χ0v) is 12.4. The molecule has 0 atom stereocenters. The fourth-order valence-electron chi connectivity index (χ4n) is 1.79. The van der Waals surface area contributed by atoms with Crippen molar-refractivity contribution in [1.29, 1.82) is 0 Å². The van der Waals surface area contributed by atoms with Gasteiger partial charge in [0, 0.05) is 4.47 Å². The van der Waals surface area contributed by atoms with Crippen molar-refractivity contribution in [3.63, 3.8) is 0 Å². The van der Waals surface area contributed by atoms with E-state index in [9.17, 15) is 14.0 Å². The lowest BCUT2D eigenvalue weighted by atomic mass is 10.1. The molecule has 6 heteroatoms. The van der Waals surface area contributed by atoms with Crippen LogP contribution in [0, 0.1) is 5.82 Å². The Hall–Kier alpha value is -2.21. The van der Waals surface area contributed by atoms with Gasteiger partial charge in [0.05, 0.1) is 17.7 Å². The molecule has 0 heterocycles. The molecule has 21 heavy (non-hydrogen) atoms. The van der Waals surface area contributed by atoms with Gasteiger partial charge in [0.25, 0.3) is 0 Å². The van der Waals surface area contributed by atoms with Gasteiger partial charge in [-0.1, -0.05) is 28.1 Å². The number of benzene rings is 2. The smallest absolute Gasteiger partial charge is 0.337 e. The highest BCUT2D eigenvalue weighted by Crippen LogP contribution is 2.22. The number of hydrogen-bond donors (Lipinski definition) is 2. The summed E-state index contributed by atoms with van der Waals surface area (Å²) < 4.78 is 13.4. The molecule has 0 aliphatic rings. The van der Waals surface area contributed by atoms with Gasteiger partial charge >= 0.3 is 5.97 Å². The number of aromatic carboxylic acids is 1. The number of carbonyl (C=O) groups is 2. The zero-order valence-electron chi connectivity index (χ0n) is 10.8. The van der Waals surface area contributed by atoms with Crippen molar-refractivity contribution in [3.8, 4) is 0 Å². The van der Waals surface area contributed by atoms with Crippen molar-refractivity contribution in [2.75, 3.05) is 5.32 Å². The first-order valence-electron chi connectivity index (χ1n) is 6.03. The normalized spacial score (nSPS) is 10.2. The molecule has 0 radical (unpaired) electrons. The van der Waals surface area contributed by atoms with Crippen molar-refractivity contribution in [2.45, 2.75) is 6.42 Å². The van der Waals surface area contributed by atoms with Gasteiger partial charge in [-0.3, -0.25) is 4.79 Å². The predicted octanol–water partition coefficient (Wildman–Crippen LogP) is 3.47. The largest absolute Gasteiger partial charge is 0.478 e. The van der Waals surface area contributed by atoms with Crippen LogP contribution in [0.5, 0.6) is 0 Å². The fraction of sp³-hybridized carbons (Fsp3) is 0.0667. The molecule has 0 saturated carbocycles. The van der Waals surface area contributed by atoms with Gasteiger partial charge in [-0.25, -0.2) is 9.18 Å². The Labute approximate surface area is 128 Å². The highest BCUT2D eigenvalue weighted by Gasteiger charge is 2.13. The number of hydrogen-bond acceptors (Lipinski definition) is 2. The Kier molecular flexibility index (Phi) is 4.70. The van der Waals surface area contributed by atoms with Crippen LogP contribution in [-0.2, 0) is 11.2 Å². The fourth-order valence-corrected chi connectivity index (χ4v) is 2.15. The van der Waals surface area contributed by atoms with E-state index in [-0.39, 0.29) is 29.4 Å². The van der Waals surface area contributed by atoms with Crippen LogP contribution in [0.15, 0.2) is 46.9 Å². The third kappa shape index (κ3) is 4.13. The summed E-state index contributed by atoms with van der Waals surface area (Å²) in [6.45, 7) is 0. The molecule has 2 N–H and O–H groups in total. The van der Waals surface area contributed by atoms with Gasteiger partial charge in [-0.15, -0.1) is 0 Å². The topological polar surface area (TPSA) is 66.4 Å². The lowest BCUT2D eigenvalue weighted by Crippen LogP contribution is -2.16. The molecule has 2 aromatic rings. The zero-order chi connectivity index (χ0) is 15.4. The molecule has 0 fully saturated rings. The van der Waals surface area contributed by atoms with Crippen molar-refractivity contribution in [2.24, 2.45) is 0 Å². The van der Waals surface area contributed by atoms with Crippen molar-refractivity contribution in [1.82, 2.24) is 0 Å². The number of rotatable bonds is 4. The van der Waals surface area contributed by atoms with Gasteiger partial charge in [-0.2, -0.15) is 0 Å². The quantitative estimate of drug-likeness (QED) is 0.886. The number of nitrogens with one attached hydrogen (secondary N) is 1. The summed E-state index contributed by atoms with van der Waals surface area (Å²) in [4.78, 5) is 23.0. The van der Waals surface area contributed by atoms with Gasteiger partial charge in [0.15, 0.2) is 0 Å². The molecule has 0 aliphatic carbocycles. The average Bonchev–Trinajstić information content (AvgIpc) is 2.41. The summed E-state index contributed by atoms with van der Waals surface area (Å²) in [5.74, 6) is -1.87. The molecule has 2 aromatic carbocycles. The average molecular weight is 352 g/mol. The van der Waals surface area contributed by atoms with E-state index in [1.54, 1.807) is 6.07 Å². The van der Waals surface area contributed by atoms with Crippen molar-refractivity contribution >= 4 is 33.5 Å². The minimum Gasteiger partial charge on any atom is -0.478 e. The number of anilines is 1. The van der Waals surface area contributed by atoms with E-state index in [1.165, 1.54) is 36.4 Å². The Bertz CT molecular complexity index is 686. The Morgan fingerprint density at radius 1 is 1.14 bits per heavy atom. The van der Waals surface area contributed by atoms with Gasteiger partial charge in [0.1, 0.15) is 5.82 Å². The van der Waals surface area contributed by atoms with Gasteiger partial charge < -0.3 is 10.4 Å². The van der Waals surface area contributed by atoms with Crippen molar-refractivity contribution < 1.29 is 19.1 Å². The molecule has 2 rings (SSSR count). The van der Waals surface area contributed by atoms with Crippen LogP contribution in [0.4, 0.5) is 10.1 Å². The Morgan fingerprint density at radius 3 is 2.43 bits per heavy atom. The van der Waals surface area contributed by atoms with E-state index in [4.69, 9.17) is 5.11 Å². The second-order valence-electron chi connectivity index (χ2n) is 4.35. The van der Waals surface area contributed by atoms with E-state index < -0.39 is 5.97 Å². The van der Waals surface area contributed by atoms with Crippen LogP contribution in [0.3, 0.4) is 0 Å². The molecule has 0 bridgehead atoms. The van der Waals surface area contributed by atoms with E-state index in [0.717, 1.165) is 0 Å². The second kappa shape index (κ2) is 6.49. The van der Waals surface area contributed by atoms with Crippen molar-refractivity contribution in [3.05, 3.63) is 63.9 Å². The number of carboxylic acids is 1. The first-order valence-corrected chi connectivity index (χ1v) is 6.82. The molecular weight excluding hydrogens is 341 g/mol. The number of carbonyl (C=O) groups excluding carboxylic acids is 1. The first kappa shape index (κ1) is 15.2. The molecule has 4 nitrogen and oxygen atoms in total. The number of amides is 1. The lowest BCUT2D eigenvalue weighted by Gasteiger charge is -2.09. The minimum atomic E-state index is -1.13. The minimum absolute atomic E-state index is 0.00524. The molecule has 0 aromatic heterocycles. The lowest BCUT2D eigenvalue weighted by molar-refractivity contribution is -0.115. The molecule has 1 amide bonds. The summed E-state index contributed by atoms with van der Waals surface area (Å²) in [5, 5.41) is 11.6. The highest BCUT2D eigenvalue weighted by molar-refractivity contribution is 9.10. The van der Waals surface area contributed by atoms with Crippen LogP contribution in [0.25, 0.3) is 0 Å². The van der Waals surface area contributed by atoms with E-state index >= 15 is 0 Å². The maximum Gasteiger partial charge on any atom is 0.337 e. The Morgan fingerprint density at radius 2 is 1.81 bits per heavy atom. The predicted molar refractivity (Wildman–Crippen MR) is 79.8 cm³/mol. The van der Waals surface area contributed by atoms with Crippen LogP contribution in [0.2, 0.25) is 0 Å². The van der Waals surface area contributed by atoms with Crippen LogP contribution >= 0.6 is 15.9 Å². The summed E-state index contributed by atoms with van der Waals surface area (Å²) >= 11 is 3.22. The molecule has 0 unspecified atom stereocenters. The van der Waals surface area contributed by atoms with Crippen LogP contribution < -0.4 is 5.32 Å². The van der Waals surface area contributed by atoms with Crippen LogP contribution in [0.1, 0.15) is 15.9 Å². The van der Waals surface area contributed by atoms with Gasteiger partial charge in [0.2, 0.25) is 5.91 Å². The number of halogens is 2. The summed E-state index contributed by atoms with van der Waals surface area (Å²) in [7, 11) is 0. The molecule has 0 aliphatic heterocycles. The summed E-state index contributed by atoms with van der Waals surface area (Å²) in [5.41, 5.74) is 0.857. The maximum absolute atomic E-state index is 12.8. The third-order valence-corrected chi connectivity index (χ3v) is 3.26. The molecular formula is C15H11BrFNO3. The maximum atomic E-state index is 12.8. The van der Waals surface area contributed by atoms with E-state index in [0.29, 0.717) is 10.0 Å². The number of carboxylic acid groups (broad SMARTS) is 1. The third-order valence-electron chi connectivity index (χ3n) is 2.76. The first-order chi connectivity index (χ1) is 9.95. The molecule has 108 valence electrons.